The summed E-state index contributed by atoms with van der Waals surface area (Å²) in [6, 6.07) is 7.15. The number of carbonyl (C=O) groups excluding carboxylic acids is 1. The number of ether oxygens (including phenoxy) is 1. The van der Waals surface area contributed by atoms with Gasteiger partial charge in [-0.1, -0.05) is 64.7 Å². The van der Waals surface area contributed by atoms with E-state index in [2.05, 4.69) is 12.2 Å². The van der Waals surface area contributed by atoms with Gasteiger partial charge in [-0.15, -0.1) is 0 Å². The molecule has 1 unspecified atom stereocenters. The van der Waals surface area contributed by atoms with Crippen molar-refractivity contribution < 1.29 is 19.7 Å². The van der Waals surface area contributed by atoms with Crippen LogP contribution in [0, 0.1) is 0 Å². The van der Waals surface area contributed by atoms with Crippen molar-refractivity contribution in [2.45, 2.75) is 77.2 Å². The molecular weight excluding hydrogens is 366 g/mol. The number of aliphatic hydroxyl groups is 2. The standard InChI is InChI=1S/C24H39NO4/c1-2-3-4-5-6-7-8-9-10-11-18-29-23-14-12-21(13-15-23)24(28)16-17-25-19-22(27)20-26/h12-17,22,25-27H,2-11,18-20H2,1H3/b17-16+. The van der Waals surface area contributed by atoms with Gasteiger partial charge in [0.1, 0.15) is 5.75 Å². The second-order valence-corrected chi connectivity index (χ2v) is 7.50. The number of hydrogen-bond donors (Lipinski definition) is 3. The quantitative estimate of drug-likeness (QED) is 0.189. The Hall–Kier alpha value is -1.85. The molecule has 1 atom stereocenters. The summed E-state index contributed by atoms with van der Waals surface area (Å²) in [6.45, 7) is 2.85. The highest BCUT2D eigenvalue weighted by Gasteiger charge is 2.03. The molecule has 1 aromatic rings. The van der Waals surface area contributed by atoms with E-state index in [-0.39, 0.29) is 18.9 Å². The van der Waals surface area contributed by atoms with Gasteiger partial charge in [0.05, 0.1) is 19.3 Å². The summed E-state index contributed by atoms with van der Waals surface area (Å²) in [5.74, 6) is 0.655. The Bertz CT molecular complexity index is 557. The van der Waals surface area contributed by atoms with Crippen LogP contribution >= 0.6 is 0 Å². The number of aliphatic hydroxyl groups excluding tert-OH is 2. The average Bonchev–Trinajstić information content (AvgIpc) is 2.75. The summed E-state index contributed by atoms with van der Waals surface area (Å²) in [6.07, 6.45) is 15.1. The van der Waals surface area contributed by atoms with Gasteiger partial charge in [0.15, 0.2) is 5.78 Å². The molecule has 0 aliphatic carbocycles. The molecule has 0 aliphatic heterocycles. The minimum atomic E-state index is -0.832. The Balaban J connectivity index is 2.10. The molecule has 3 N–H and O–H groups in total. The van der Waals surface area contributed by atoms with Crippen LogP contribution < -0.4 is 10.1 Å². The number of ketones is 1. The molecule has 0 spiro atoms. The SMILES string of the molecule is CCCCCCCCCCCCOc1ccc(C(=O)/C=C/NCC(O)CO)cc1. The predicted molar refractivity (Wildman–Crippen MR) is 118 cm³/mol. The van der Waals surface area contributed by atoms with Crippen LogP contribution in [0.1, 0.15) is 81.5 Å². The van der Waals surface area contributed by atoms with Crippen LogP contribution in [0.3, 0.4) is 0 Å². The summed E-state index contributed by atoms with van der Waals surface area (Å²) in [5.41, 5.74) is 0.581. The zero-order valence-electron chi connectivity index (χ0n) is 17.9. The first-order valence-corrected chi connectivity index (χ1v) is 11.1. The second-order valence-electron chi connectivity index (χ2n) is 7.50. The van der Waals surface area contributed by atoms with E-state index >= 15 is 0 Å². The van der Waals surface area contributed by atoms with Gasteiger partial charge in [0, 0.05) is 24.4 Å². The first-order chi connectivity index (χ1) is 14.2. The predicted octanol–water partition coefficient (Wildman–Crippen LogP) is 4.63. The molecule has 0 saturated heterocycles. The van der Waals surface area contributed by atoms with E-state index in [4.69, 9.17) is 9.84 Å². The van der Waals surface area contributed by atoms with Crippen LogP contribution in [-0.2, 0) is 0 Å². The number of hydrogen-bond acceptors (Lipinski definition) is 5. The van der Waals surface area contributed by atoms with E-state index in [1.807, 2.05) is 12.1 Å². The minimum absolute atomic E-state index is 0.128. The number of benzene rings is 1. The van der Waals surface area contributed by atoms with Crippen LogP contribution in [-0.4, -0.2) is 41.9 Å². The second kappa shape index (κ2) is 17.0. The lowest BCUT2D eigenvalue weighted by Gasteiger charge is -2.07. The lowest BCUT2D eigenvalue weighted by atomic mass is 10.1. The third kappa shape index (κ3) is 13.1. The molecule has 0 radical (unpaired) electrons. The van der Waals surface area contributed by atoms with Crippen molar-refractivity contribution >= 4 is 5.78 Å². The Morgan fingerprint density at radius 1 is 1.00 bits per heavy atom. The molecule has 0 fully saturated rings. The fraction of sp³-hybridized carbons (Fsp3) is 0.625. The van der Waals surface area contributed by atoms with Crippen molar-refractivity contribution in [3.8, 4) is 5.75 Å². The zero-order valence-corrected chi connectivity index (χ0v) is 17.9. The fourth-order valence-electron chi connectivity index (χ4n) is 2.99. The largest absolute Gasteiger partial charge is 0.494 e. The third-order valence-electron chi connectivity index (χ3n) is 4.82. The molecule has 29 heavy (non-hydrogen) atoms. The summed E-state index contributed by atoms with van der Waals surface area (Å²) in [4.78, 5) is 12.0. The van der Waals surface area contributed by atoms with E-state index in [9.17, 15) is 9.90 Å². The van der Waals surface area contributed by atoms with Crippen molar-refractivity contribution in [1.82, 2.24) is 5.32 Å². The van der Waals surface area contributed by atoms with E-state index in [1.165, 1.54) is 70.1 Å². The first-order valence-electron chi connectivity index (χ1n) is 11.1. The van der Waals surface area contributed by atoms with Gasteiger partial charge in [-0.25, -0.2) is 0 Å². The van der Waals surface area contributed by atoms with Gasteiger partial charge in [-0.05, 0) is 30.7 Å². The van der Waals surface area contributed by atoms with Crippen molar-refractivity contribution in [2.24, 2.45) is 0 Å². The number of nitrogens with one attached hydrogen (secondary N) is 1. The Labute approximate surface area is 176 Å². The highest BCUT2D eigenvalue weighted by molar-refractivity contribution is 6.04. The molecule has 1 aromatic carbocycles. The number of unbranched alkanes of at least 4 members (excludes halogenated alkanes) is 9. The van der Waals surface area contributed by atoms with Crippen LogP contribution in [0.2, 0.25) is 0 Å². The minimum Gasteiger partial charge on any atom is -0.494 e. The fourth-order valence-corrected chi connectivity index (χ4v) is 2.99. The highest BCUT2D eigenvalue weighted by Crippen LogP contribution is 2.14. The van der Waals surface area contributed by atoms with Crippen LogP contribution in [0.25, 0.3) is 0 Å². The molecule has 5 heteroatoms. The maximum absolute atomic E-state index is 12.0. The smallest absolute Gasteiger partial charge is 0.187 e. The van der Waals surface area contributed by atoms with E-state index in [0.29, 0.717) is 12.2 Å². The monoisotopic (exact) mass is 405 g/mol. The Morgan fingerprint density at radius 3 is 2.17 bits per heavy atom. The number of rotatable bonds is 18. The number of carbonyl (C=O) groups is 1. The molecule has 0 bridgehead atoms. The van der Waals surface area contributed by atoms with Gasteiger partial charge in [0.25, 0.3) is 0 Å². The van der Waals surface area contributed by atoms with Gasteiger partial charge >= 0.3 is 0 Å². The van der Waals surface area contributed by atoms with Crippen molar-refractivity contribution in [3.05, 3.63) is 42.1 Å². The van der Waals surface area contributed by atoms with Crippen LogP contribution in [0.5, 0.6) is 5.75 Å². The maximum atomic E-state index is 12.0. The van der Waals surface area contributed by atoms with Gasteiger partial charge < -0.3 is 20.3 Å². The summed E-state index contributed by atoms with van der Waals surface area (Å²) in [5, 5.41) is 20.7. The van der Waals surface area contributed by atoms with Crippen molar-refractivity contribution in [2.75, 3.05) is 19.8 Å². The van der Waals surface area contributed by atoms with Gasteiger partial charge in [0.2, 0.25) is 0 Å². The molecule has 0 aromatic heterocycles. The van der Waals surface area contributed by atoms with Crippen molar-refractivity contribution in [1.29, 1.82) is 0 Å². The highest BCUT2D eigenvalue weighted by atomic mass is 16.5. The first kappa shape index (κ1) is 25.2. The normalized spacial score (nSPS) is 12.2. The molecular formula is C24H39NO4. The summed E-state index contributed by atoms with van der Waals surface area (Å²) in [7, 11) is 0. The Morgan fingerprint density at radius 2 is 1.59 bits per heavy atom. The van der Waals surface area contributed by atoms with Gasteiger partial charge in [-0.2, -0.15) is 0 Å². The van der Waals surface area contributed by atoms with Crippen LogP contribution in [0.4, 0.5) is 0 Å². The molecule has 0 amide bonds. The molecule has 0 saturated carbocycles. The molecule has 164 valence electrons. The van der Waals surface area contributed by atoms with E-state index in [0.717, 1.165) is 12.2 Å². The Kier molecular flexibility index (Phi) is 14.8. The molecule has 1 rings (SSSR count). The zero-order chi connectivity index (χ0) is 21.2. The number of allylic oxidation sites excluding steroid dienone is 1. The van der Waals surface area contributed by atoms with Crippen molar-refractivity contribution in [3.63, 3.8) is 0 Å². The third-order valence-corrected chi connectivity index (χ3v) is 4.82. The lowest BCUT2D eigenvalue weighted by Crippen LogP contribution is -2.26. The molecule has 0 heterocycles. The van der Waals surface area contributed by atoms with E-state index in [1.54, 1.807) is 12.1 Å². The summed E-state index contributed by atoms with van der Waals surface area (Å²) < 4.78 is 5.76. The summed E-state index contributed by atoms with van der Waals surface area (Å²) >= 11 is 0. The molecule has 5 nitrogen and oxygen atoms in total. The molecule has 0 aliphatic rings. The maximum Gasteiger partial charge on any atom is 0.187 e. The lowest BCUT2D eigenvalue weighted by molar-refractivity contribution is 0.0969. The topological polar surface area (TPSA) is 78.8 Å². The average molecular weight is 406 g/mol. The van der Waals surface area contributed by atoms with Gasteiger partial charge in [-0.3, -0.25) is 4.79 Å². The van der Waals surface area contributed by atoms with E-state index < -0.39 is 6.10 Å². The van der Waals surface area contributed by atoms with Crippen LogP contribution in [0.15, 0.2) is 36.5 Å².